The van der Waals surface area contributed by atoms with E-state index in [9.17, 15) is 25.4 Å². The average Bonchev–Trinajstić information content (AvgIpc) is 2.54. The number of non-ortho nitro benzene ring substituents is 1. The minimum absolute atomic E-state index is 0.0609. The molecule has 1 aromatic carbocycles. The second-order valence-corrected chi connectivity index (χ2v) is 5.00. The maximum absolute atomic E-state index is 10.6. The Labute approximate surface area is 135 Å². The highest BCUT2D eigenvalue weighted by Crippen LogP contribution is 2.25. The zero-order valence-electron chi connectivity index (χ0n) is 11.7. The van der Waals surface area contributed by atoms with Gasteiger partial charge in [-0.3, -0.25) is 10.1 Å². The number of aliphatic imine (C=N–C) groups is 1. The number of nitro benzene ring substituents is 1. The first kappa shape index (κ1) is 17.4. The average molecular weight is 342 g/mol. The fraction of sp³-hybridized carbons (Fsp3) is 0.462. The van der Waals surface area contributed by atoms with Gasteiger partial charge in [-0.15, -0.1) is 0 Å². The van der Waals surface area contributed by atoms with Crippen molar-refractivity contribution in [2.45, 2.75) is 30.7 Å². The van der Waals surface area contributed by atoms with Crippen LogP contribution in [0.4, 0.5) is 5.69 Å². The Morgan fingerprint density at radius 2 is 1.91 bits per heavy atom. The predicted molar refractivity (Wildman–Crippen MR) is 80.3 cm³/mol. The minimum Gasteiger partial charge on any atom is -0.462 e. The molecule has 10 heteroatoms. The Bertz CT molecular complexity index is 605. The van der Waals surface area contributed by atoms with Crippen LogP contribution in [0.15, 0.2) is 29.3 Å². The molecule has 0 amide bonds. The normalized spacial score (nSPS) is 30.3. The van der Waals surface area contributed by atoms with Crippen LogP contribution in [0.1, 0.15) is 0 Å². The van der Waals surface area contributed by atoms with Crippen LogP contribution < -0.4 is 4.74 Å². The lowest BCUT2D eigenvalue weighted by molar-refractivity contribution is -0.384. The van der Waals surface area contributed by atoms with Crippen molar-refractivity contribution in [1.82, 2.24) is 0 Å². The molecule has 0 unspecified atom stereocenters. The monoisotopic (exact) mass is 342 g/mol. The predicted octanol–water partition coefficient (Wildman–Crippen LogP) is -0.116. The van der Waals surface area contributed by atoms with E-state index in [2.05, 4.69) is 22.4 Å². The molecule has 0 spiro atoms. The Balaban J connectivity index is 2.10. The van der Waals surface area contributed by atoms with Gasteiger partial charge >= 0.3 is 0 Å². The summed E-state index contributed by atoms with van der Waals surface area (Å²) in [5.74, 6) is 0.195. The quantitative estimate of drug-likeness (QED) is 0.292. The Morgan fingerprint density at radius 3 is 2.48 bits per heavy atom. The van der Waals surface area contributed by atoms with Crippen molar-refractivity contribution in [1.29, 1.82) is 0 Å². The van der Waals surface area contributed by atoms with Gasteiger partial charge in [0.1, 0.15) is 30.2 Å². The summed E-state index contributed by atoms with van der Waals surface area (Å²) in [6.07, 6.45) is -6.59. The summed E-state index contributed by atoms with van der Waals surface area (Å²) in [4.78, 5) is 13.7. The molecule has 0 saturated carbocycles. The number of benzene rings is 1. The number of hydrogen-bond acceptors (Lipinski definition) is 9. The van der Waals surface area contributed by atoms with Crippen LogP contribution in [0.2, 0.25) is 0 Å². The first-order chi connectivity index (χ1) is 10.9. The number of hydrogen-bond donors (Lipinski definition) is 3. The van der Waals surface area contributed by atoms with Crippen molar-refractivity contribution in [2.24, 2.45) is 4.99 Å². The number of nitro groups is 1. The third-order valence-corrected chi connectivity index (χ3v) is 3.43. The van der Waals surface area contributed by atoms with Gasteiger partial charge in [0, 0.05) is 12.1 Å². The highest BCUT2D eigenvalue weighted by atomic mass is 32.1. The molecule has 1 saturated heterocycles. The van der Waals surface area contributed by atoms with E-state index in [1.54, 1.807) is 0 Å². The van der Waals surface area contributed by atoms with E-state index in [0.717, 1.165) is 0 Å². The van der Waals surface area contributed by atoms with Crippen LogP contribution in [-0.2, 0) is 4.74 Å². The molecule has 0 aromatic heterocycles. The van der Waals surface area contributed by atoms with Gasteiger partial charge in [0.05, 0.1) is 16.6 Å². The van der Waals surface area contributed by atoms with Crippen molar-refractivity contribution >= 4 is 23.1 Å². The summed E-state index contributed by atoms with van der Waals surface area (Å²) < 4.78 is 10.7. The zero-order valence-corrected chi connectivity index (χ0v) is 12.5. The molecular formula is C13H14N2O7S. The van der Waals surface area contributed by atoms with Gasteiger partial charge in [0.15, 0.2) is 0 Å². The molecule has 1 aliphatic rings. The summed E-state index contributed by atoms with van der Waals surface area (Å²) >= 11 is 4.43. The molecule has 3 N–H and O–H groups in total. The SMILES string of the molecule is O=[N+]([O-])c1ccc(O[C@H]2O[C@H](CN=C=S)[C@@H](O)[C@H](O)[C@@H]2O)cc1. The molecule has 1 aliphatic heterocycles. The van der Waals surface area contributed by atoms with Gasteiger partial charge < -0.3 is 24.8 Å². The van der Waals surface area contributed by atoms with E-state index < -0.39 is 35.6 Å². The van der Waals surface area contributed by atoms with E-state index >= 15 is 0 Å². The summed E-state index contributed by atoms with van der Waals surface area (Å²) in [5.41, 5.74) is -0.119. The standard InChI is InChI=1S/C13H14N2O7S/c16-10-9(5-14-6-23)22-13(12(18)11(10)17)21-8-3-1-7(2-4-8)15(19)20/h1-4,9-13,16-18H,5H2/t9-,10-,11+,12+,13+/m1/s1. The Hall–Kier alpha value is -1.94. The molecule has 0 radical (unpaired) electrons. The molecule has 2 rings (SSSR count). The smallest absolute Gasteiger partial charge is 0.269 e. The van der Waals surface area contributed by atoms with Crippen molar-refractivity contribution < 1.29 is 29.7 Å². The second kappa shape index (κ2) is 7.55. The summed E-state index contributed by atoms with van der Waals surface area (Å²) in [6.45, 7) is -0.0609. The molecule has 1 heterocycles. The lowest BCUT2D eigenvalue weighted by Gasteiger charge is -2.39. The van der Waals surface area contributed by atoms with Crippen LogP contribution in [0.5, 0.6) is 5.75 Å². The Kier molecular flexibility index (Phi) is 5.72. The third kappa shape index (κ3) is 4.08. The van der Waals surface area contributed by atoms with Crippen LogP contribution in [0.3, 0.4) is 0 Å². The molecule has 5 atom stereocenters. The molecular weight excluding hydrogens is 328 g/mol. The van der Waals surface area contributed by atoms with Gasteiger partial charge in [0.25, 0.3) is 5.69 Å². The number of rotatable bonds is 5. The molecule has 9 nitrogen and oxygen atoms in total. The van der Waals surface area contributed by atoms with Crippen LogP contribution in [0, 0.1) is 10.1 Å². The van der Waals surface area contributed by atoms with Gasteiger partial charge in [-0.1, -0.05) is 0 Å². The number of isothiocyanates is 1. The molecule has 1 aromatic rings. The van der Waals surface area contributed by atoms with Crippen molar-refractivity contribution in [2.75, 3.05) is 6.54 Å². The van der Waals surface area contributed by atoms with Crippen LogP contribution >= 0.6 is 12.2 Å². The van der Waals surface area contributed by atoms with Crippen LogP contribution in [0.25, 0.3) is 0 Å². The van der Waals surface area contributed by atoms with Crippen molar-refractivity contribution in [3.05, 3.63) is 34.4 Å². The van der Waals surface area contributed by atoms with Gasteiger partial charge in [-0.05, 0) is 24.4 Å². The van der Waals surface area contributed by atoms with Crippen LogP contribution in [-0.4, -0.2) is 62.7 Å². The highest BCUT2D eigenvalue weighted by molar-refractivity contribution is 7.78. The maximum atomic E-state index is 10.6. The van der Waals surface area contributed by atoms with Gasteiger partial charge in [-0.25, -0.2) is 4.99 Å². The van der Waals surface area contributed by atoms with E-state index in [1.165, 1.54) is 24.3 Å². The largest absolute Gasteiger partial charge is 0.462 e. The van der Waals surface area contributed by atoms with E-state index in [1.807, 2.05) is 0 Å². The number of thiocarbonyl (C=S) groups is 1. The van der Waals surface area contributed by atoms with Crippen molar-refractivity contribution in [3.63, 3.8) is 0 Å². The fourth-order valence-corrected chi connectivity index (χ4v) is 2.15. The molecule has 0 bridgehead atoms. The van der Waals surface area contributed by atoms with Crippen molar-refractivity contribution in [3.8, 4) is 5.75 Å². The Morgan fingerprint density at radius 1 is 1.26 bits per heavy atom. The van der Waals surface area contributed by atoms with E-state index in [4.69, 9.17) is 9.47 Å². The number of ether oxygens (including phenoxy) is 2. The number of aliphatic hydroxyl groups excluding tert-OH is 3. The first-order valence-corrected chi connectivity index (χ1v) is 6.99. The number of aliphatic hydroxyl groups is 3. The first-order valence-electron chi connectivity index (χ1n) is 6.58. The molecule has 124 valence electrons. The maximum Gasteiger partial charge on any atom is 0.269 e. The summed E-state index contributed by atoms with van der Waals surface area (Å²) in [6, 6.07) is 5.11. The van der Waals surface area contributed by atoms with E-state index in [0.29, 0.717) is 0 Å². The molecule has 23 heavy (non-hydrogen) atoms. The molecule has 1 fully saturated rings. The lowest BCUT2D eigenvalue weighted by atomic mass is 9.99. The van der Waals surface area contributed by atoms with E-state index in [-0.39, 0.29) is 18.0 Å². The number of nitrogens with zero attached hydrogens (tertiary/aromatic N) is 2. The fourth-order valence-electron chi connectivity index (χ4n) is 2.07. The summed E-state index contributed by atoms with van der Waals surface area (Å²) in [5, 5.41) is 42.3. The summed E-state index contributed by atoms with van der Waals surface area (Å²) in [7, 11) is 0. The van der Waals surface area contributed by atoms with Gasteiger partial charge in [0.2, 0.25) is 6.29 Å². The molecule has 0 aliphatic carbocycles. The highest BCUT2D eigenvalue weighted by Gasteiger charge is 2.44. The minimum atomic E-state index is -1.51. The second-order valence-electron chi connectivity index (χ2n) is 4.82. The lowest BCUT2D eigenvalue weighted by Crippen LogP contribution is -2.59. The third-order valence-electron chi connectivity index (χ3n) is 3.30. The topological polar surface area (TPSA) is 135 Å². The van der Waals surface area contributed by atoms with Gasteiger partial charge in [-0.2, -0.15) is 0 Å². The zero-order chi connectivity index (χ0) is 17.0.